The Labute approximate surface area is 90.7 Å². The van der Waals surface area contributed by atoms with Crippen molar-refractivity contribution in [1.82, 2.24) is 0 Å². The van der Waals surface area contributed by atoms with Crippen molar-refractivity contribution in [1.29, 1.82) is 0 Å². The van der Waals surface area contributed by atoms with Gasteiger partial charge in [-0.2, -0.15) is 0 Å². The van der Waals surface area contributed by atoms with Crippen molar-refractivity contribution < 1.29 is 9.53 Å². The van der Waals surface area contributed by atoms with E-state index in [4.69, 9.17) is 4.74 Å². The molecule has 1 aliphatic rings. The topological polar surface area (TPSA) is 26.3 Å². The number of carbonyl (C=O) groups is 1. The number of hydrogen-bond acceptors (Lipinski definition) is 2. The molecular formula is C11H9BrO2. The van der Waals surface area contributed by atoms with E-state index in [0.29, 0.717) is 12.2 Å². The summed E-state index contributed by atoms with van der Waals surface area (Å²) in [6.45, 7) is 2.38. The number of aryl methyl sites for hydroxylation is 1. The molecule has 2 nitrogen and oxygen atoms in total. The van der Waals surface area contributed by atoms with Crippen LogP contribution in [0.25, 0.3) is 6.08 Å². The molecule has 0 radical (unpaired) electrons. The number of halogens is 1. The molecule has 0 amide bonds. The molecule has 0 fully saturated rings. The molecule has 0 aliphatic carbocycles. The maximum Gasteiger partial charge on any atom is 0.149 e. The number of carbonyl (C=O) groups excluding carboxylic acids is 1. The van der Waals surface area contributed by atoms with Gasteiger partial charge in [0.05, 0.1) is 0 Å². The Morgan fingerprint density at radius 1 is 1.50 bits per heavy atom. The Hall–Kier alpha value is -1.09. The molecule has 0 spiro atoms. The molecule has 0 bridgehead atoms. The first-order valence-electron chi connectivity index (χ1n) is 4.29. The molecule has 0 N–H and O–H groups in total. The largest absolute Gasteiger partial charge is 0.488 e. The third-order valence-electron chi connectivity index (χ3n) is 2.18. The Kier molecular flexibility index (Phi) is 2.42. The van der Waals surface area contributed by atoms with Crippen molar-refractivity contribution in [3.8, 4) is 5.75 Å². The van der Waals surface area contributed by atoms with Crippen LogP contribution in [-0.2, 0) is 4.79 Å². The summed E-state index contributed by atoms with van der Waals surface area (Å²) in [5.41, 5.74) is 2.76. The molecular weight excluding hydrogens is 244 g/mol. The zero-order valence-corrected chi connectivity index (χ0v) is 9.30. The maximum atomic E-state index is 10.6. The average Bonchev–Trinajstić information content (AvgIpc) is 2.19. The Balaban J connectivity index is 2.53. The number of fused-ring (bicyclic) bond motifs is 1. The minimum atomic E-state index is 0.373. The molecule has 0 unspecified atom stereocenters. The first kappa shape index (κ1) is 9.46. The smallest absolute Gasteiger partial charge is 0.149 e. The van der Waals surface area contributed by atoms with Crippen LogP contribution in [0.5, 0.6) is 5.75 Å². The monoisotopic (exact) mass is 252 g/mol. The van der Waals surface area contributed by atoms with E-state index in [2.05, 4.69) is 15.9 Å². The van der Waals surface area contributed by atoms with Crippen molar-refractivity contribution in [3.63, 3.8) is 0 Å². The van der Waals surface area contributed by atoms with Crippen molar-refractivity contribution >= 4 is 28.3 Å². The predicted octanol–water partition coefficient (Wildman–Crippen LogP) is 2.73. The van der Waals surface area contributed by atoms with E-state index < -0.39 is 0 Å². The minimum Gasteiger partial charge on any atom is -0.488 e. The van der Waals surface area contributed by atoms with Crippen LogP contribution in [0.2, 0.25) is 0 Å². The number of aldehydes is 1. The standard InChI is InChI=1S/C11H9BrO2/c1-7-2-11-9(4-10(7)12)3-8(5-13)6-14-11/h2-5H,6H2,1H3. The van der Waals surface area contributed by atoms with Crippen LogP contribution in [0, 0.1) is 6.92 Å². The van der Waals surface area contributed by atoms with Crippen molar-refractivity contribution in [3.05, 3.63) is 33.3 Å². The Morgan fingerprint density at radius 2 is 2.29 bits per heavy atom. The van der Waals surface area contributed by atoms with Crippen molar-refractivity contribution in [2.75, 3.05) is 6.61 Å². The number of ether oxygens (including phenoxy) is 1. The van der Waals surface area contributed by atoms with Crippen molar-refractivity contribution in [2.45, 2.75) is 6.92 Å². The predicted molar refractivity (Wildman–Crippen MR) is 58.4 cm³/mol. The van der Waals surface area contributed by atoms with Gasteiger partial charge in [-0.05, 0) is 30.7 Å². The molecule has 1 heterocycles. The number of rotatable bonds is 1. The van der Waals surface area contributed by atoms with Gasteiger partial charge in [-0.1, -0.05) is 15.9 Å². The zero-order chi connectivity index (χ0) is 10.1. The second-order valence-electron chi connectivity index (χ2n) is 3.26. The lowest BCUT2D eigenvalue weighted by atomic mass is 10.1. The molecule has 0 aromatic heterocycles. The van der Waals surface area contributed by atoms with Gasteiger partial charge in [-0.3, -0.25) is 4.79 Å². The third-order valence-corrected chi connectivity index (χ3v) is 3.03. The second-order valence-corrected chi connectivity index (χ2v) is 4.12. The average molecular weight is 253 g/mol. The normalized spacial score (nSPS) is 14.0. The second kappa shape index (κ2) is 3.58. The van der Waals surface area contributed by atoms with Crippen molar-refractivity contribution in [2.24, 2.45) is 0 Å². The zero-order valence-electron chi connectivity index (χ0n) is 7.71. The number of benzene rings is 1. The third kappa shape index (κ3) is 1.60. The summed E-state index contributed by atoms with van der Waals surface area (Å²) >= 11 is 3.44. The van der Waals surface area contributed by atoms with Crippen LogP contribution in [0.15, 0.2) is 22.2 Å². The lowest BCUT2D eigenvalue weighted by Crippen LogP contribution is -2.08. The quantitative estimate of drug-likeness (QED) is 0.719. The first-order valence-corrected chi connectivity index (χ1v) is 5.08. The lowest BCUT2D eigenvalue weighted by molar-refractivity contribution is -0.105. The van der Waals surface area contributed by atoms with Crippen LogP contribution in [-0.4, -0.2) is 12.9 Å². The highest BCUT2D eigenvalue weighted by Gasteiger charge is 2.12. The summed E-state index contributed by atoms with van der Waals surface area (Å²) in [7, 11) is 0. The minimum absolute atomic E-state index is 0.373. The molecule has 1 aliphatic heterocycles. The molecule has 14 heavy (non-hydrogen) atoms. The summed E-state index contributed by atoms with van der Waals surface area (Å²) in [6, 6.07) is 3.94. The Bertz CT molecular complexity index is 422. The van der Waals surface area contributed by atoms with Crippen LogP contribution in [0.4, 0.5) is 0 Å². The van der Waals surface area contributed by atoms with Gasteiger partial charge in [-0.15, -0.1) is 0 Å². The van der Waals surface area contributed by atoms with Gasteiger partial charge in [0.1, 0.15) is 18.6 Å². The van der Waals surface area contributed by atoms with Gasteiger partial charge in [-0.25, -0.2) is 0 Å². The molecule has 1 aromatic rings. The van der Waals surface area contributed by atoms with Gasteiger partial charge < -0.3 is 4.74 Å². The molecule has 72 valence electrons. The maximum absolute atomic E-state index is 10.6. The van der Waals surface area contributed by atoms with E-state index in [1.165, 1.54) is 0 Å². The Morgan fingerprint density at radius 3 is 3.00 bits per heavy atom. The molecule has 0 saturated heterocycles. The highest BCUT2D eigenvalue weighted by molar-refractivity contribution is 9.10. The molecule has 2 rings (SSSR count). The van der Waals surface area contributed by atoms with Gasteiger partial charge in [0.2, 0.25) is 0 Å². The van der Waals surface area contributed by atoms with Crippen LogP contribution >= 0.6 is 15.9 Å². The highest BCUT2D eigenvalue weighted by Crippen LogP contribution is 2.31. The fraction of sp³-hybridized carbons (Fsp3) is 0.182. The summed E-state index contributed by atoms with van der Waals surface area (Å²) in [5, 5.41) is 0. The van der Waals surface area contributed by atoms with Crippen LogP contribution < -0.4 is 4.74 Å². The molecule has 0 atom stereocenters. The van der Waals surface area contributed by atoms with Crippen LogP contribution in [0.3, 0.4) is 0 Å². The number of hydrogen-bond donors (Lipinski definition) is 0. The fourth-order valence-electron chi connectivity index (χ4n) is 1.38. The summed E-state index contributed by atoms with van der Waals surface area (Å²) in [5.74, 6) is 0.844. The molecule has 3 heteroatoms. The lowest BCUT2D eigenvalue weighted by Gasteiger charge is -2.16. The highest BCUT2D eigenvalue weighted by atomic mass is 79.9. The van der Waals surface area contributed by atoms with E-state index in [0.717, 1.165) is 27.6 Å². The first-order chi connectivity index (χ1) is 6.70. The van der Waals surface area contributed by atoms with Crippen LogP contribution in [0.1, 0.15) is 11.1 Å². The van der Waals surface area contributed by atoms with Gasteiger partial charge in [0.15, 0.2) is 0 Å². The van der Waals surface area contributed by atoms with E-state index in [1.54, 1.807) is 0 Å². The molecule has 1 aromatic carbocycles. The van der Waals surface area contributed by atoms with E-state index in [-0.39, 0.29) is 0 Å². The van der Waals surface area contributed by atoms with E-state index in [1.807, 2.05) is 25.1 Å². The van der Waals surface area contributed by atoms with E-state index >= 15 is 0 Å². The SMILES string of the molecule is Cc1cc2c(cc1Br)C=C(C=O)CO2. The van der Waals surface area contributed by atoms with Gasteiger partial charge in [0.25, 0.3) is 0 Å². The summed E-state index contributed by atoms with van der Waals surface area (Å²) < 4.78 is 6.47. The summed E-state index contributed by atoms with van der Waals surface area (Å²) in [4.78, 5) is 10.6. The summed E-state index contributed by atoms with van der Waals surface area (Å²) in [6.07, 6.45) is 2.69. The fourth-order valence-corrected chi connectivity index (χ4v) is 1.74. The molecule has 0 saturated carbocycles. The van der Waals surface area contributed by atoms with Gasteiger partial charge in [0, 0.05) is 15.6 Å². The van der Waals surface area contributed by atoms with E-state index in [9.17, 15) is 4.79 Å². The van der Waals surface area contributed by atoms with Gasteiger partial charge >= 0.3 is 0 Å².